The molecule has 18 heavy (non-hydrogen) atoms. The van der Waals surface area contributed by atoms with Gasteiger partial charge in [-0.1, -0.05) is 75.7 Å². The fraction of sp³-hybridized carbons (Fsp3) is 0.647. The highest BCUT2D eigenvalue weighted by Gasteiger charge is 2.20. The summed E-state index contributed by atoms with van der Waals surface area (Å²) in [5.41, 5.74) is 4.72. The van der Waals surface area contributed by atoms with Crippen molar-refractivity contribution in [2.75, 3.05) is 5.33 Å². The average molecular weight is 311 g/mol. The van der Waals surface area contributed by atoms with Crippen LogP contribution in [0.5, 0.6) is 0 Å². The van der Waals surface area contributed by atoms with Gasteiger partial charge in [0.05, 0.1) is 0 Å². The Balaban J connectivity index is 3.22. The predicted molar refractivity (Wildman–Crippen MR) is 85.9 cm³/mol. The minimum atomic E-state index is 0.235. The largest absolute Gasteiger partial charge is 0.0925 e. The minimum absolute atomic E-state index is 0.235. The van der Waals surface area contributed by atoms with E-state index in [2.05, 4.69) is 75.7 Å². The van der Waals surface area contributed by atoms with Crippen LogP contribution in [0.1, 0.15) is 64.2 Å². The molecular formula is C17H27Br. The molecule has 2 unspecified atom stereocenters. The van der Waals surface area contributed by atoms with Gasteiger partial charge in [-0.25, -0.2) is 0 Å². The van der Waals surface area contributed by atoms with Crippen molar-refractivity contribution >= 4 is 15.9 Å². The lowest BCUT2D eigenvalue weighted by Gasteiger charge is -2.26. The zero-order valence-corrected chi connectivity index (χ0v) is 14.3. The zero-order valence-electron chi connectivity index (χ0n) is 12.7. The van der Waals surface area contributed by atoms with Gasteiger partial charge in [-0.05, 0) is 40.4 Å². The second-order valence-electron chi connectivity index (χ2n) is 6.44. The van der Waals surface area contributed by atoms with Gasteiger partial charge in [0.15, 0.2) is 0 Å². The van der Waals surface area contributed by atoms with E-state index < -0.39 is 0 Å². The van der Waals surface area contributed by atoms with Crippen LogP contribution in [-0.2, 0) is 11.8 Å². The van der Waals surface area contributed by atoms with Crippen molar-refractivity contribution in [1.29, 1.82) is 0 Å². The molecule has 0 fully saturated rings. The Morgan fingerprint density at radius 1 is 1.17 bits per heavy atom. The molecule has 0 bridgehead atoms. The first-order valence-corrected chi connectivity index (χ1v) is 8.12. The third kappa shape index (κ3) is 3.60. The SMILES string of the molecule is CCc1ccc(C(C)(C)C)cc1C(C)C(C)CBr. The molecule has 1 aromatic carbocycles. The van der Waals surface area contributed by atoms with Crippen LogP contribution in [0.25, 0.3) is 0 Å². The minimum Gasteiger partial charge on any atom is -0.0925 e. The number of halogens is 1. The van der Waals surface area contributed by atoms with Crippen LogP contribution >= 0.6 is 15.9 Å². The molecule has 0 nitrogen and oxygen atoms in total. The lowest BCUT2D eigenvalue weighted by atomic mass is 9.80. The molecule has 0 aromatic heterocycles. The van der Waals surface area contributed by atoms with Crippen molar-refractivity contribution in [2.45, 2.75) is 59.3 Å². The van der Waals surface area contributed by atoms with E-state index in [0.29, 0.717) is 11.8 Å². The summed E-state index contributed by atoms with van der Waals surface area (Å²) in [6.07, 6.45) is 1.12. The van der Waals surface area contributed by atoms with Crippen molar-refractivity contribution in [3.63, 3.8) is 0 Å². The topological polar surface area (TPSA) is 0 Å². The van der Waals surface area contributed by atoms with E-state index in [4.69, 9.17) is 0 Å². The quantitative estimate of drug-likeness (QED) is 0.627. The third-order valence-corrected chi connectivity index (χ3v) is 5.00. The molecule has 1 aromatic rings. The van der Waals surface area contributed by atoms with E-state index in [0.717, 1.165) is 11.8 Å². The summed E-state index contributed by atoms with van der Waals surface area (Å²) < 4.78 is 0. The molecule has 2 atom stereocenters. The van der Waals surface area contributed by atoms with Crippen molar-refractivity contribution in [1.82, 2.24) is 0 Å². The van der Waals surface area contributed by atoms with Gasteiger partial charge in [0, 0.05) is 5.33 Å². The summed E-state index contributed by atoms with van der Waals surface area (Å²) in [6.45, 7) is 13.8. The molecular weight excluding hydrogens is 284 g/mol. The van der Waals surface area contributed by atoms with Crippen LogP contribution in [0.2, 0.25) is 0 Å². The number of hydrogen-bond donors (Lipinski definition) is 0. The lowest BCUT2D eigenvalue weighted by Crippen LogP contribution is -2.15. The lowest BCUT2D eigenvalue weighted by molar-refractivity contribution is 0.537. The van der Waals surface area contributed by atoms with Gasteiger partial charge in [-0.2, -0.15) is 0 Å². The third-order valence-electron chi connectivity index (χ3n) is 3.98. The molecule has 1 heteroatoms. The van der Waals surface area contributed by atoms with Crippen LogP contribution in [0.3, 0.4) is 0 Å². The molecule has 0 radical (unpaired) electrons. The molecule has 0 heterocycles. The molecule has 0 saturated heterocycles. The number of rotatable bonds is 4. The fourth-order valence-electron chi connectivity index (χ4n) is 2.25. The summed E-state index contributed by atoms with van der Waals surface area (Å²) in [6, 6.07) is 7.06. The highest BCUT2D eigenvalue weighted by Crippen LogP contribution is 2.32. The van der Waals surface area contributed by atoms with Crippen molar-refractivity contribution < 1.29 is 0 Å². The summed E-state index contributed by atoms with van der Waals surface area (Å²) in [5.74, 6) is 1.28. The first-order chi connectivity index (χ1) is 8.31. The van der Waals surface area contributed by atoms with Gasteiger partial charge >= 0.3 is 0 Å². The Hall–Kier alpha value is -0.300. The van der Waals surface area contributed by atoms with Crippen molar-refractivity contribution in [3.05, 3.63) is 34.9 Å². The smallest absolute Gasteiger partial charge is 0.00627 e. The molecule has 0 aliphatic heterocycles. The molecule has 0 N–H and O–H groups in total. The van der Waals surface area contributed by atoms with E-state index in [1.807, 2.05) is 0 Å². The molecule has 0 aliphatic carbocycles. The summed E-state index contributed by atoms with van der Waals surface area (Å²) in [5, 5.41) is 1.07. The Morgan fingerprint density at radius 3 is 2.22 bits per heavy atom. The van der Waals surface area contributed by atoms with Crippen molar-refractivity contribution in [3.8, 4) is 0 Å². The Labute approximate surface area is 121 Å². The van der Waals surface area contributed by atoms with Crippen LogP contribution in [0, 0.1) is 5.92 Å². The summed E-state index contributed by atoms with van der Waals surface area (Å²) >= 11 is 3.62. The van der Waals surface area contributed by atoms with Crippen LogP contribution in [0.15, 0.2) is 18.2 Å². The molecule has 0 amide bonds. The van der Waals surface area contributed by atoms with E-state index in [-0.39, 0.29) is 5.41 Å². The molecule has 0 spiro atoms. The molecule has 0 aliphatic rings. The number of alkyl halides is 1. The van der Waals surface area contributed by atoms with E-state index >= 15 is 0 Å². The van der Waals surface area contributed by atoms with Gasteiger partial charge < -0.3 is 0 Å². The van der Waals surface area contributed by atoms with Gasteiger partial charge in [-0.3, -0.25) is 0 Å². The Bertz CT molecular complexity index is 387. The first-order valence-electron chi connectivity index (χ1n) is 7.00. The highest BCUT2D eigenvalue weighted by molar-refractivity contribution is 9.09. The monoisotopic (exact) mass is 310 g/mol. The standard InChI is InChI=1S/C17H27Br/c1-7-14-8-9-15(17(4,5)6)10-16(14)13(3)12(2)11-18/h8-10,12-13H,7,11H2,1-6H3. The Kier molecular flexibility index (Phi) is 5.46. The van der Waals surface area contributed by atoms with Gasteiger partial charge in [-0.15, -0.1) is 0 Å². The van der Waals surface area contributed by atoms with Gasteiger partial charge in [0.1, 0.15) is 0 Å². The normalized spacial score (nSPS) is 15.5. The van der Waals surface area contributed by atoms with Crippen LogP contribution in [-0.4, -0.2) is 5.33 Å². The summed E-state index contributed by atoms with van der Waals surface area (Å²) in [4.78, 5) is 0. The average Bonchev–Trinajstić information content (AvgIpc) is 2.35. The maximum Gasteiger partial charge on any atom is 0.00627 e. The Morgan fingerprint density at radius 2 is 1.78 bits per heavy atom. The van der Waals surface area contributed by atoms with Crippen LogP contribution in [0.4, 0.5) is 0 Å². The van der Waals surface area contributed by atoms with E-state index in [9.17, 15) is 0 Å². The molecule has 1 rings (SSSR count). The second kappa shape index (κ2) is 6.23. The predicted octanol–water partition coefficient (Wildman–Crippen LogP) is 5.68. The maximum atomic E-state index is 3.62. The second-order valence-corrected chi connectivity index (χ2v) is 7.08. The molecule has 102 valence electrons. The van der Waals surface area contributed by atoms with Gasteiger partial charge in [0.25, 0.3) is 0 Å². The van der Waals surface area contributed by atoms with E-state index in [1.54, 1.807) is 0 Å². The van der Waals surface area contributed by atoms with E-state index in [1.165, 1.54) is 16.7 Å². The van der Waals surface area contributed by atoms with Gasteiger partial charge in [0.2, 0.25) is 0 Å². The summed E-state index contributed by atoms with van der Waals surface area (Å²) in [7, 11) is 0. The number of benzene rings is 1. The van der Waals surface area contributed by atoms with Crippen molar-refractivity contribution in [2.24, 2.45) is 5.92 Å². The highest BCUT2D eigenvalue weighted by atomic mass is 79.9. The molecule has 0 saturated carbocycles. The number of aryl methyl sites for hydroxylation is 1. The first kappa shape index (κ1) is 15.8. The van der Waals surface area contributed by atoms with Crippen LogP contribution < -0.4 is 0 Å². The number of hydrogen-bond acceptors (Lipinski definition) is 0. The fourth-order valence-corrected chi connectivity index (χ4v) is 2.81. The zero-order chi connectivity index (χ0) is 13.9. The maximum absolute atomic E-state index is 3.62.